The first kappa shape index (κ1) is 25.0. The third-order valence-electron chi connectivity index (χ3n) is 7.91. The summed E-state index contributed by atoms with van der Waals surface area (Å²) >= 11 is 0. The summed E-state index contributed by atoms with van der Waals surface area (Å²) < 4.78 is 6.35. The second kappa shape index (κ2) is 10.6. The standard InChI is InChI=1S/C40H26N2O/c1-4-12-27(13-5-1)30-20-22-31(23-21-30)38-37-35-18-10-11-19-36(35)43-40(37)42-39(41-38)34-25-32(28-14-6-2-7-15-28)24-33(26-34)29-16-8-3-9-17-29/h1-26H. The smallest absolute Gasteiger partial charge is 0.231 e. The van der Waals surface area contributed by atoms with Crippen LogP contribution in [0.5, 0.6) is 0 Å². The van der Waals surface area contributed by atoms with Gasteiger partial charge in [-0.25, -0.2) is 4.98 Å². The third-order valence-corrected chi connectivity index (χ3v) is 7.91. The minimum atomic E-state index is 0.583. The molecule has 3 heteroatoms. The fourth-order valence-electron chi connectivity index (χ4n) is 5.76. The first-order chi connectivity index (χ1) is 21.3. The maximum atomic E-state index is 6.35. The van der Waals surface area contributed by atoms with Gasteiger partial charge in [-0.2, -0.15) is 4.98 Å². The van der Waals surface area contributed by atoms with Crippen LogP contribution in [-0.4, -0.2) is 9.97 Å². The zero-order chi connectivity index (χ0) is 28.6. The molecule has 0 aliphatic carbocycles. The van der Waals surface area contributed by atoms with Crippen molar-refractivity contribution in [3.63, 3.8) is 0 Å². The Hall–Kier alpha value is -5.80. The lowest BCUT2D eigenvalue weighted by atomic mass is 9.95. The molecule has 0 spiro atoms. The molecule has 202 valence electrons. The van der Waals surface area contributed by atoms with Crippen LogP contribution in [0.1, 0.15) is 0 Å². The van der Waals surface area contributed by atoms with Crippen molar-refractivity contribution in [3.05, 3.63) is 158 Å². The van der Waals surface area contributed by atoms with Gasteiger partial charge in [-0.05, 0) is 57.6 Å². The third kappa shape index (κ3) is 4.67. The molecule has 8 rings (SSSR count). The molecule has 0 radical (unpaired) electrons. The van der Waals surface area contributed by atoms with Gasteiger partial charge >= 0.3 is 0 Å². The van der Waals surface area contributed by atoms with E-state index in [1.54, 1.807) is 0 Å². The highest BCUT2D eigenvalue weighted by Crippen LogP contribution is 2.38. The first-order valence-electron chi connectivity index (χ1n) is 14.4. The van der Waals surface area contributed by atoms with E-state index >= 15 is 0 Å². The molecule has 0 N–H and O–H groups in total. The highest BCUT2D eigenvalue weighted by atomic mass is 16.3. The topological polar surface area (TPSA) is 38.9 Å². The van der Waals surface area contributed by atoms with Gasteiger partial charge in [-0.3, -0.25) is 0 Å². The summed E-state index contributed by atoms with van der Waals surface area (Å²) in [5.41, 5.74) is 11.0. The number of benzene rings is 6. The highest BCUT2D eigenvalue weighted by Gasteiger charge is 2.19. The molecule has 0 saturated heterocycles. The summed E-state index contributed by atoms with van der Waals surface area (Å²) in [5.74, 6) is 0.628. The summed E-state index contributed by atoms with van der Waals surface area (Å²) in [6.45, 7) is 0. The van der Waals surface area contributed by atoms with Crippen molar-refractivity contribution in [2.75, 3.05) is 0 Å². The number of nitrogens with zero attached hydrogens (tertiary/aromatic N) is 2. The molecule has 2 heterocycles. The van der Waals surface area contributed by atoms with Gasteiger partial charge in [0.1, 0.15) is 5.58 Å². The van der Waals surface area contributed by atoms with Crippen molar-refractivity contribution in [1.82, 2.24) is 9.97 Å². The number of hydrogen-bond acceptors (Lipinski definition) is 3. The molecule has 0 aliphatic heterocycles. The predicted octanol–water partition coefficient (Wildman–Crippen LogP) is 10.7. The maximum Gasteiger partial charge on any atom is 0.231 e. The van der Waals surface area contributed by atoms with Crippen molar-refractivity contribution in [2.45, 2.75) is 0 Å². The zero-order valence-corrected chi connectivity index (χ0v) is 23.3. The molecule has 6 aromatic carbocycles. The van der Waals surface area contributed by atoms with Gasteiger partial charge in [-0.15, -0.1) is 0 Å². The Morgan fingerprint density at radius 2 is 0.837 bits per heavy atom. The fraction of sp³-hybridized carbons (Fsp3) is 0. The van der Waals surface area contributed by atoms with Crippen LogP contribution in [0.2, 0.25) is 0 Å². The van der Waals surface area contributed by atoms with Crippen LogP contribution in [-0.2, 0) is 0 Å². The average molecular weight is 551 g/mol. The van der Waals surface area contributed by atoms with E-state index in [2.05, 4.69) is 121 Å². The minimum absolute atomic E-state index is 0.583. The van der Waals surface area contributed by atoms with Gasteiger partial charge in [0, 0.05) is 16.5 Å². The van der Waals surface area contributed by atoms with E-state index in [1.807, 2.05) is 36.4 Å². The van der Waals surface area contributed by atoms with Gasteiger partial charge < -0.3 is 4.42 Å². The number of furan rings is 1. The van der Waals surface area contributed by atoms with Crippen LogP contribution in [0.15, 0.2) is 162 Å². The van der Waals surface area contributed by atoms with Crippen molar-refractivity contribution in [1.29, 1.82) is 0 Å². The van der Waals surface area contributed by atoms with Gasteiger partial charge in [0.15, 0.2) is 5.82 Å². The van der Waals surface area contributed by atoms with Gasteiger partial charge in [-0.1, -0.05) is 133 Å². The molecule has 0 atom stereocenters. The molecule has 0 bridgehead atoms. The van der Waals surface area contributed by atoms with Crippen molar-refractivity contribution >= 4 is 22.1 Å². The molecule has 0 saturated carbocycles. The maximum absolute atomic E-state index is 6.35. The molecule has 0 unspecified atom stereocenters. The quantitative estimate of drug-likeness (QED) is 0.214. The lowest BCUT2D eigenvalue weighted by molar-refractivity contribution is 0.653. The van der Waals surface area contributed by atoms with E-state index in [9.17, 15) is 0 Å². The highest BCUT2D eigenvalue weighted by molar-refractivity contribution is 6.10. The predicted molar refractivity (Wildman–Crippen MR) is 176 cm³/mol. The summed E-state index contributed by atoms with van der Waals surface area (Å²) in [6, 6.07) is 54.6. The van der Waals surface area contributed by atoms with Gasteiger partial charge in [0.25, 0.3) is 0 Å². The number of aromatic nitrogens is 2. The Morgan fingerprint density at radius 1 is 0.372 bits per heavy atom. The van der Waals surface area contributed by atoms with Crippen molar-refractivity contribution in [3.8, 4) is 56.0 Å². The van der Waals surface area contributed by atoms with E-state index in [-0.39, 0.29) is 0 Å². The van der Waals surface area contributed by atoms with Crippen LogP contribution >= 0.6 is 0 Å². The molecule has 43 heavy (non-hydrogen) atoms. The largest absolute Gasteiger partial charge is 0.438 e. The minimum Gasteiger partial charge on any atom is -0.438 e. The summed E-state index contributed by atoms with van der Waals surface area (Å²) in [5, 5.41) is 1.93. The van der Waals surface area contributed by atoms with Crippen LogP contribution in [0, 0.1) is 0 Å². The molecular formula is C40H26N2O. The fourth-order valence-corrected chi connectivity index (χ4v) is 5.76. The summed E-state index contributed by atoms with van der Waals surface area (Å²) in [4.78, 5) is 10.3. The lowest BCUT2D eigenvalue weighted by Gasteiger charge is -2.12. The number of para-hydroxylation sites is 1. The second-order valence-electron chi connectivity index (χ2n) is 10.6. The molecule has 2 aromatic heterocycles. The first-order valence-corrected chi connectivity index (χ1v) is 14.4. The van der Waals surface area contributed by atoms with Crippen LogP contribution in [0.25, 0.3) is 78.1 Å². The number of hydrogen-bond donors (Lipinski definition) is 0. The Bertz CT molecular complexity index is 2140. The lowest BCUT2D eigenvalue weighted by Crippen LogP contribution is -1.95. The number of rotatable bonds is 5. The molecule has 0 fully saturated rings. The normalized spacial score (nSPS) is 11.3. The van der Waals surface area contributed by atoms with Crippen LogP contribution in [0.3, 0.4) is 0 Å². The molecule has 3 nitrogen and oxygen atoms in total. The Balaban J connectivity index is 1.35. The number of fused-ring (bicyclic) bond motifs is 3. The Morgan fingerprint density at radius 3 is 1.44 bits per heavy atom. The van der Waals surface area contributed by atoms with E-state index in [0.29, 0.717) is 11.5 Å². The Kier molecular flexibility index (Phi) is 6.12. The van der Waals surface area contributed by atoms with E-state index in [1.165, 1.54) is 5.56 Å². The SMILES string of the molecule is c1ccc(-c2ccc(-c3nc(-c4cc(-c5ccccc5)cc(-c5ccccc5)c4)nc4oc5ccccc5c34)cc2)cc1. The van der Waals surface area contributed by atoms with Crippen molar-refractivity contribution in [2.24, 2.45) is 0 Å². The van der Waals surface area contributed by atoms with Crippen LogP contribution in [0.4, 0.5) is 0 Å². The summed E-state index contributed by atoms with van der Waals surface area (Å²) in [7, 11) is 0. The summed E-state index contributed by atoms with van der Waals surface area (Å²) in [6.07, 6.45) is 0. The van der Waals surface area contributed by atoms with Gasteiger partial charge in [0.05, 0.1) is 11.1 Å². The second-order valence-corrected chi connectivity index (χ2v) is 10.6. The van der Waals surface area contributed by atoms with Gasteiger partial charge in [0.2, 0.25) is 5.71 Å². The van der Waals surface area contributed by atoms with E-state index in [0.717, 1.165) is 61.0 Å². The van der Waals surface area contributed by atoms with E-state index in [4.69, 9.17) is 14.4 Å². The van der Waals surface area contributed by atoms with Crippen LogP contribution < -0.4 is 0 Å². The zero-order valence-electron chi connectivity index (χ0n) is 23.3. The van der Waals surface area contributed by atoms with E-state index < -0.39 is 0 Å². The molecule has 8 aromatic rings. The Labute approximate surface area is 249 Å². The molecule has 0 amide bonds. The average Bonchev–Trinajstić information content (AvgIpc) is 3.48. The monoisotopic (exact) mass is 550 g/mol. The molecule has 0 aliphatic rings. The van der Waals surface area contributed by atoms with Crippen molar-refractivity contribution < 1.29 is 4.42 Å². The molecular weight excluding hydrogens is 524 g/mol.